The Hall–Kier alpha value is -2.57. The van der Waals surface area contributed by atoms with E-state index < -0.39 is 0 Å². The molecular weight excluding hydrogens is 354 g/mol. The van der Waals surface area contributed by atoms with Crippen LogP contribution in [0.2, 0.25) is 0 Å². The van der Waals surface area contributed by atoms with Crippen molar-refractivity contribution >= 4 is 5.96 Å². The van der Waals surface area contributed by atoms with Gasteiger partial charge in [-0.15, -0.1) is 0 Å². The van der Waals surface area contributed by atoms with Crippen LogP contribution in [0, 0.1) is 0 Å². The van der Waals surface area contributed by atoms with Gasteiger partial charge in [0.05, 0.1) is 7.11 Å². The molecule has 1 aromatic carbocycles. The summed E-state index contributed by atoms with van der Waals surface area (Å²) in [5, 5.41) is 10.6. The molecule has 7 heteroatoms. The average Bonchev–Trinajstić information content (AvgIpc) is 3.16. The summed E-state index contributed by atoms with van der Waals surface area (Å²) in [6.07, 6.45) is 3.23. The molecule has 2 N–H and O–H groups in total. The highest BCUT2D eigenvalue weighted by atomic mass is 16.5. The Kier molecular flexibility index (Phi) is 8.29. The maximum absolute atomic E-state index is 5.31. The molecule has 0 aliphatic carbocycles. The standard InChI is InChI=1S/C21H33N5O2/c1-6-22-20(24-15-18-25-19(28-26-18)21(2,3)4)23-14-8-7-9-16-10-12-17(27-5)13-11-16/h10-13H,6-9,14-15H2,1-5H3,(H2,22,23,24). The Morgan fingerprint density at radius 1 is 1.14 bits per heavy atom. The van der Waals surface area contributed by atoms with E-state index in [4.69, 9.17) is 9.26 Å². The zero-order chi connectivity index (χ0) is 20.4. The van der Waals surface area contributed by atoms with Crippen LogP contribution in [-0.4, -0.2) is 36.3 Å². The second kappa shape index (κ2) is 10.7. The zero-order valence-electron chi connectivity index (χ0n) is 17.7. The fourth-order valence-corrected chi connectivity index (χ4v) is 2.57. The van der Waals surface area contributed by atoms with E-state index in [1.165, 1.54) is 5.56 Å². The number of nitrogens with one attached hydrogen (secondary N) is 2. The van der Waals surface area contributed by atoms with Crippen molar-refractivity contribution in [2.45, 2.75) is 58.9 Å². The van der Waals surface area contributed by atoms with Crippen LogP contribution in [0.3, 0.4) is 0 Å². The number of unbranched alkanes of at least 4 members (excludes halogenated alkanes) is 1. The Balaban J connectivity index is 1.75. The summed E-state index contributed by atoms with van der Waals surface area (Å²) < 4.78 is 10.5. The molecule has 154 valence electrons. The number of nitrogens with zero attached hydrogens (tertiary/aromatic N) is 3. The average molecular weight is 388 g/mol. The number of aliphatic imine (C=N–C) groups is 1. The first kappa shape index (κ1) is 21.7. The van der Waals surface area contributed by atoms with E-state index >= 15 is 0 Å². The number of methoxy groups -OCH3 is 1. The molecule has 0 saturated heterocycles. The van der Waals surface area contributed by atoms with Crippen LogP contribution in [0.5, 0.6) is 5.75 Å². The number of guanidine groups is 1. The molecule has 0 aliphatic rings. The van der Waals surface area contributed by atoms with Crippen molar-refractivity contribution in [1.29, 1.82) is 0 Å². The van der Waals surface area contributed by atoms with E-state index in [0.717, 1.165) is 44.1 Å². The number of rotatable bonds is 9. The molecule has 0 unspecified atom stereocenters. The molecule has 0 amide bonds. The van der Waals surface area contributed by atoms with Gasteiger partial charge in [0.15, 0.2) is 11.8 Å². The summed E-state index contributed by atoms with van der Waals surface area (Å²) >= 11 is 0. The predicted molar refractivity (Wildman–Crippen MR) is 112 cm³/mol. The van der Waals surface area contributed by atoms with Gasteiger partial charge in [-0.1, -0.05) is 38.1 Å². The van der Waals surface area contributed by atoms with Crippen LogP contribution >= 0.6 is 0 Å². The van der Waals surface area contributed by atoms with Gasteiger partial charge in [-0.2, -0.15) is 4.98 Å². The molecular formula is C21H33N5O2. The third-order valence-corrected chi connectivity index (χ3v) is 4.18. The number of aryl methyl sites for hydroxylation is 1. The summed E-state index contributed by atoms with van der Waals surface area (Å²) in [5.74, 6) is 2.90. The van der Waals surface area contributed by atoms with Gasteiger partial charge in [0.1, 0.15) is 12.3 Å². The minimum atomic E-state index is -0.151. The first-order chi connectivity index (χ1) is 13.4. The summed E-state index contributed by atoms with van der Waals surface area (Å²) in [6.45, 7) is 10.2. The fourth-order valence-electron chi connectivity index (χ4n) is 2.57. The Bertz CT molecular complexity index is 732. The van der Waals surface area contributed by atoms with Crippen LogP contribution in [0.25, 0.3) is 0 Å². The van der Waals surface area contributed by atoms with Gasteiger partial charge in [-0.3, -0.25) is 0 Å². The summed E-state index contributed by atoms with van der Waals surface area (Å²) in [6, 6.07) is 8.25. The fraction of sp³-hybridized carbons (Fsp3) is 0.571. The van der Waals surface area contributed by atoms with Gasteiger partial charge in [0.2, 0.25) is 5.89 Å². The highest BCUT2D eigenvalue weighted by Crippen LogP contribution is 2.19. The molecule has 0 spiro atoms. The van der Waals surface area contributed by atoms with Crippen molar-refractivity contribution < 1.29 is 9.26 Å². The van der Waals surface area contributed by atoms with E-state index in [-0.39, 0.29) is 5.41 Å². The van der Waals surface area contributed by atoms with E-state index in [9.17, 15) is 0 Å². The van der Waals surface area contributed by atoms with Gasteiger partial charge < -0.3 is 19.9 Å². The second-order valence-electron chi connectivity index (χ2n) is 7.69. The lowest BCUT2D eigenvalue weighted by Gasteiger charge is -2.11. The number of benzene rings is 1. The Morgan fingerprint density at radius 2 is 1.89 bits per heavy atom. The van der Waals surface area contributed by atoms with Gasteiger partial charge >= 0.3 is 0 Å². The summed E-state index contributed by atoms with van der Waals surface area (Å²) in [7, 11) is 1.69. The van der Waals surface area contributed by atoms with Crippen molar-refractivity contribution in [3.8, 4) is 5.75 Å². The van der Waals surface area contributed by atoms with Crippen molar-refractivity contribution in [2.24, 2.45) is 4.99 Å². The van der Waals surface area contributed by atoms with Crippen molar-refractivity contribution in [2.75, 3.05) is 20.2 Å². The van der Waals surface area contributed by atoms with Crippen LogP contribution in [0.15, 0.2) is 33.8 Å². The molecule has 2 rings (SSSR count). The minimum absolute atomic E-state index is 0.151. The smallest absolute Gasteiger partial charge is 0.232 e. The van der Waals surface area contributed by atoms with E-state index in [2.05, 4.69) is 37.9 Å². The SMILES string of the molecule is CCNC(=NCc1noc(C(C)(C)C)n1)NCCCCc1ccc(OC)cc1. The molecule has 0 fully saturated rings. The molecule has 7 nitrogen and oxygen atoms in total. The van der Waals surface area contributed by atoms with Crippen molar-refractivity contribution in [3.63, 3.8) is 0 Å². The molecule has 0 bridgehead atoms. The van der Waals surface area contributed by atoms with Crippen LogP contribution in [0.4, 0.5) is 0 Å². The number of aromatic nitrogens is 2. The highest BCUT2D eigenvalue weighted by molar-refractivity contribution is 5.79. The molecule has 2 aromatic rings. The topological polar surface area (TPSA) is 84.6 Å². The van der Waals surface area contributed by atoms with Crippen molar-refractivity contribution in [3.05, 3.63) is 41.5 Å². The zero-order valence-corrected chi connectivity index (χ0v) is 17.7. The first-order valence-corrected chi connectivity index (χ1v) is 9.90. The second-order valence-corrected chi connectivity index (χ2v) is 7.69. The third kappa shape index (κ3) is 7.21. The van der Waals surface area contributed by atoms with Crippen LogP contribution < -0.4 is 15.4 Å². The maximum atomic E-state index is 5.31. The highest BCUT2D eigenvalue weighted by Gasteiger charge is 2.21. The largest absolute Gasteiger partial charge is 0.497 e. The lowest BCUT2D eigenvalue weighted by Crippen LogP contribution is -2.37. The van der Waals surface area contributed by atoms with Crippen molar-refractivity contribution in [1.82, 2.24) is 20.8 Å². The molecule has 1 aromatic heterocycles. The van der Waals surface area contributed by atoms with E-state index in [1.807, 2.05) is 39.8 Å². The summed E-state index contributed by atoms with van der Waals surface area (Å²) in [4.78, 5) is 8.97. The van der Waals surface area contributed by atoms with Gasteiger partial charge in [-0.05, 0) is 43.9 Å². The normalized spacial score (nSPS) is 12.1. The molecule has 1 heterocycles. The summed E-state index contributed by atoms with van der Waals surface area (Å²) in [5.41, 5.74) is 1.18. The van der Waals surface area contributed by atoms with Crippen LogP contribution in [-0.2, 0) is 18.4 Å². The molecule has 0 saturated carbocycles. The van der Waals surface area contributed by atoms with E-state index in [0.29, 0.717) is 18.3 Å². The number of hydrogen-bond donors (Lipinski definition) is 2. The lowest BCUT2D eigenvalue weighted by molar-refractivity contribution is 0.318. The molecule has 0 radical (unpaired) electrons. The quantitative estimate of drug-likeness (QED) is 0.389. The number of hydrogen-bond acceptors (Lipinski definition) is 5. The van der Waals surface area contributed by atoms with Gasteiger partial charge in [0.25, 0.3) is 0 Å². The maximum Gasteiger partial charge on any atom is 0.232 e. The Labute approximate surface area is 168 Å². The molecule has 0 aliphatic heterocycles. The molecule has 28 heavy (non-hydrogen) atoms. The Morgan fingerprint density at radius 3 is 2.50 bits per heavy atom. The van der Waals surface area contributed by atoms with Gasteiger partial charge in [-0.25, -0.2) is 4.99 Å². The lowest BCUT2D eigenvalue weighted by atomic mass is 9.97. The first-order valence-electron chi connectivity index (χ1n) is 9.90. The minimum Gasteiger partial charge on any atom is -0.497 e. The van der Waals surface area contributed by atoms with E-state index in [1.54, 1.807) is 7.11 Å². The monoisotopic (exact) mass is 387 g/mol. The molecule has 0 atom stereocenters. The third-order valence-electron chi connectivity index (χ3n) is 4.18. The predicted octanol–water partition coefficient (Wildman–Crippen LogP) is 3.45. The van der Waals surface area contributed by atoms with Gasteiger partial charge in [0, 0.05) is 18.5 Å². The van der Waals surface area contributed by atoms with Crippen LogP contribution in [0.1, 0.15) is 57.8 Å². The number of ether oxygens (including phenoxy) is 1.